The first-order chi connectivity index (χ1) is 13.6. The highest BCUT2D eigenvalue weighted by atomic mass is 16.1. The van der Waals surface area contributed by atoms with Crippen LogP contribution in [0.2, 0.25) is 0 Å². The lowest BCUT2D eigenvalue weighted by Gasteiger charge is -2.22. The Kier molecular flexibility index (Phi) is 8.40. The molecule has 0 unspecified atom stereocenters. The molecule has 5 nitrogen and oxygen atoms in total. The number of rotatable bonds is 8. The summed E-state index contributed by atoms with van der Waals surface area (Å²) in [5.41, 5.74) is 3.30. The molecule has 1 aromatic rings. The number of benzene rings is 1. The lowest BCUT2D eigenvalue weighted by molar-refractivity contribution is -0.118. The Morgan fingerprint density at radius 2 is 1.96 bits per heavy atom. The molecule has 1 aliphatic carbocycles. The fraction of sp³-hybridized carbons (Fsp3) is 0.348. The average molecular weight is 380 g/mol. The summed E-state index contributed by atoms with van der Waals surface area (Å²) in [5, 5.41) is 6.16. The second kappa shape index (κ2) is 11.0. The molecule has 0 heterocycles. The summed E-state index contributed by atoms with van der Waals surface area (Å²) in [5.74, 6) is -0.0495. The first-order valence-corrected chi connectivity index (χ1v) is 9.72. The van der Waals surface area contributed by atoms with Crippen LogP contribution in [0.1, 0.15) is 49.4 Å². The molecule has 1 aromatic carbocycles. The fourth-order valence-corrected chi connectivity index (χ4v) is 3.15. The molecule has 1 fully saturated rings. The first kappa shape index (κ1) is 21.4. The third-order valence-electron chi connectivity index (χ3n) is 4.79. The normalized spacial score (nSPS) is 15.7. The smallest absolute Gasteiger partial charge is 0.251 e. The highest BCUT2D eigenvalue weighted by Crippen LogP contribution is 2.25. The Bertz CT molecular complexity index is 800. The van der Waals surface area contributed by atoms with Gasteiger partial charge in [-0.25, -0.2) is 0 Å². The van der Waals surface area contributed by atoms with Gasteiger partial charge in [-0.15, -0.1) is 0 Å². The van der Waals surface area contributed by atoms with Crippen LogP contribution in [-0.2, 0) is 4.79 Å². The first-order valence-electron chi connectivity index (χ1n) is 9.72. The Labute approximate surface area is 167 Å². The van der Waals surface area contributed by atoms with E-state index in [1.54, 1.807) is 43.6 Å². The van der Waals surface area contributed by atoms with Gasteiger partial charge in [0, 0.05) is 30.4 Å². The Balaban J connectivity index is 2.00. The third kappa shape index (κ3) is 6.34. The van der Waals surface area contributed by atoms with Crippen LogP contribution in [0, 0.1) is 0 Å². The van der Waals surface area contributed by atoms with Crippen molar-refractivity contribution in [2.24, 2.45) is 4.99 Å². The van der Waals surface area contributed by atoms with Crippen LogP contribution in [0.15, 0.2) is 59.1 Å². The van der Waals surface area contributed by atoms with Gasteiger partial charge in [-0.2, -0.15) is 0 Å². The van der Waals surface area contributed by atoms with Crippen molar-refractivity contribution in [3.05, 3.63) is 59.7 Å². The number of hydrogen-bond acceptors (Lipinski definition) is 4. The Morgan fingerprint density at radius 1 is 1.21 bits per heavy atom. The molecular weight excluding hydrogens is 350 g/mol. The molecule has 0 bridgehead atoms. The highest BCUT2D eigenvalue weighted by Gasteiger charge is 2.16. The average Bonchev–Trinajstić information content (AvgIpc) is 2.73. The van der Waals surface area contributed by atoms with Crippen molar-refractivity contribution in [2.75, 3.05) is 12.4 Å². The lowest BCUT2D eigenvalue weighted by Crippen LogP contribution is -2.36. The van der Waals surface area contributed by atoms with E-state index in [9.17, 15) is 9.59 Å². The molecule has 28 heavy (non-hydrogen) atoms. The van der Waals surface area contributed by atoms with Crippen molar-refractivity contribution >= 4 is 29.8 Å². The van der Waals surface area contributed by atoms with Crippen LogP contribution in [0.25, 0.3) is 0 Å². The second-order valence-corrected chi connectivity index (χ2v) is 6.86. The van der Waals surface area contributed by atoms with Gasteiger partial charge in [0.25, 0.3) is 5.91 Å². The Hall–Kier alpha value is -2.95. The molecule has 2 rings (SSSR count). The SMILES string of the molecule is C=C(C=Nc1cc(C=O)ccc1NC)/C=C\C(=C/C)C(=O)NC1CCCCC1. The van der Waals surface area contributed by atoms with E-state index in [-0.39, 0.29) is 11.9 Å². The van der Waals surface area contributed by atoms with Gasteiger partial charge < -0.3 is 10.6 Å². The van der Waals surface area contributed by atoms with E-state index in [0.717, 1.165) is 24.8 Å². The van der Waals surface area contributed by atoms with E-state index in [4.69, 9.17) is 0 Å². The number of hydrogen-bond donors (Lipinski definition) is 2. The van der Waals surface area contributed by atoms with E-state index in [0.29, 0.717) is 22.4 Å². The van der Waals surface area contributed by atoms with Crippen LogP contribution in [0.4, 0.5) is 11.4 Å². The van der Waals surface area contributed by atoms with Gasteiger partial charge in [-0.1, -0.05) is 38.0 Å². The summed E-state index contributed by atoms with van der Waals surface area (Å²) >= 11 is 0. The van der Waals surface area contributed by atoms with Crippen LogP contribution >= 0.6 is 0 Å². The minimum Gasteiger partial charge on any atom is -0.386 e. The van der Waals surface area contributed by atoms with E-state index in [1.165, 1.54) is 19.3 Å². The topological polar surface area (TPSA) is 70.6 Å². The zero-order chi connectivity index (χ0) is 20.4. The maximum Gasteiger partial charge on any atom is 0.251 e. The molecule has 0 spiro atoms. The van der Waals surface area contributed by atoms with Crippen LogP contribution in [-0.4, -0.2) is 31.5 Å². The van der Waals surface area contributed by atoms with Gasteiger partial charge in [0.05, 0.1) is 11.4 Å². The standard InChI is InChI=1S/C23H29N3O2/c1-4-19(23(28)26-20-8-6-5-7-9-20)12-10-17(2)15-25-22-14-18(16-27)11-13-21(22)24-3/h4,10-16,20,24H,2,5-9H2,1,3H3,(H,26,28)/b12-10-,19-4+,25-15?. The maximum absolute atomic E-state index is 12.5. The summed E-state index contributed by atoms with van der Waals surface area (Å²) in [6, 6.07) is 5.53. The quantitative estimate of drug-likeness (QED) is 0.296. The van der Waals surface area contributed by atoms with Gasteiger partial charge in [0.2, 0.25) is 0 Å². The predicted molar refractivity (Wildman–Crippen MR) is 117 cm³/mol. The molecular formula is C23H29N3O2. The van der Waals surface area contributed by atoms with Crippen molar-refractivity contribution in [1.29, 1.82) is 0 Å². The lowest BCUT2D eigenvalue weighted by atomic mass is 9.95. The molecule has 1 amide bonds. The number of nitrogens with one attached hydrogen (secondary N) is 2. The molecule has 2 N–H and O–H groups in total. The van der Waals surface area contributed by atoms with Crippen LogP contribution < -0.4 is 10.6 Å². The van der Waals surface area contributed by atoms with Crippen molar-refractivity contribution in [2.45, 2.75) is 45.1 Å². The number of aliphatic imine (C=N–C) groups is 1. The molecule has 0 atom stereocenters. The monoisotopic (exact) mass is 379 g/mol. The zero-order valence-electron chi connectivity index (χ0n) is 16.7. The van der Waals surface area contributed by atoms with Gasteiger partial charge in [-0.05, 0) is 49.6 Å². The fourth-order valence-electron chi connectivity index (χ4n) is 3.15. The van der Waals surface area contributed by atoms with Gasteiger partial charge in [-0.3, -0.25) is 14.6 Å². The zero-order valence-corrected chi connectivity index (χ0v) is 16.7. The molecule has 0 saturated heterocycles. The maximum atomic E-state index is 12.5. The molecule has 0 aromatic heterocycles. The van der Waals surface area contributed by atoms with Gasteiger partial charge in [0.15, 0.2) is 0 Å². The minimum atomic E-state index is -0.0495. The van der Waals surface area contributed by atoms with E-state index >= 15 is 0 Å². The molecule has 1 saturated carbocycles. The van der Waals surface area contributed by atoms with Crippen molar-refractivity contribution < 1.29 is 9.59 Å². The van der Waals surface area contributed by atoms with Gasteiger partial charge >= 0.3 is 0 Å². The number of aldehydes is 1. The van der Waals surface area contributed by atoms with E-state index < -0.39 is 0 Å². The predicted octanol–water partition coefficient (Wildman–Crippen LogP) is 4.75. The van der Waals surface area contributed by atoms with Crippen molar-refractivity contribution in [1.82, 2.24) is 5.32 Å². The molecule has 148 valence electrons. The van der Waals surface area contributed by atoms with E-state index in [2.05, 4.69) is 22.2 Å². The number of anilines is 1. The third-order valence-corrected chi connectivity index (χ3v) is 4.79. The van der Waals surface area contributed by atoms with Crippen LogP contribution in [0.3, 0.4) is 0 Å². The number of nitrogens with zero attached hydrogens (tertiary/aromatic N) is 1. The number of carbonyl (C=O) groups is 2. The molecule has 0 radical (unpaired) electrons. The molecule has 0 aliphatic heterocycles. The minimum absolute atomic E-state index is 0.0495. The largest absolute Gasteiger partial charge is 0.386 e. The molecule has 1 aliphatic rings. The van der Waals surface area contributed by atoms with Crippen LogP contribution in [0.5, 0.6) is 0 Å². The summed E-state index contributed by atoms with van der Waals surface area (Å²) in [7, 11) is 1.80. The summed E-state index contributed by atoms with van der Waals surface area (Å²) in [6.07, 6.45) is 13.5. The van der Waals surface area contributed by atoms with Gasteiger partial charge in [0.1, 0.15) is 6.29 Å². The highest BCUT2D eigenvalue weighted by molar-refractivity contribution is 5.97. The number of carbonyl (C=O) groups excluding carboxylic acids is 2. The summed E-state index contributed by atoms with van der Waals surface area (Å²) < 4.78 is 0. The van der Waals surface area contributed by atoms with Crippen molar-refractivity contribution in [3.8, 4) is 0 Å². The second-order valence-electron chi connectivity index (χ2n) is 6.86. The summed E-state index contributed by atoms with van der Waals surface area (Å²) in [6.45, 7) is 5.81. The number of amides is 1. The van der Waals surface area contributed by atoms with E-state index in [1.807, 2.05) is 13.0 Å². The van der Waals surface area contributed by atoms with Crippen molar-refractivity contribution in [3.63, 3.8) is 0 Å². The summed E-state index contributed by atoms with van der Waals surface area (Å²) in [4.78, 5) is 27.8. The number of allylic oxidation sites excluding steroid dienone is 3. The molecule has 5 heteroatoms. The Morgan fingerprint density at radius 3 is 2.61 bits per heavy atom.